The lowest BCUT2D eigenvalue weighted by Gasteiger charge is -2.09. The predicted molar refractivity (Wildman–Crippen MR) is 94.9 cm³/mol. The van der Waals surface area contributed by atoms with Crippen LogP contribution in [-0.4, -0.2) is 9.55 Å². The number of benzene rings is 2. The van der Waals surface area contributed by atoms with Gasteiger partial charge in [-0.3, -0.25) is 9.36 Å². The molecular weight excluding hydrogens is 365 g/mol. The van der Waals surface area contributed by atoms with Gasteiger partial charge in [0.1, 0.15) is 5.82 Å². The molecule has 2 aromatic carbocycles. The van der Waals surface area contributed by atoms with Gasteiger partial charge >= 0.3 is 6.18 Å². The van der Waals surface area contributed by atoms with Gasteiger partial charge in [0.15, 0.2) is 0 Å². The monoisotopic (exact) mass is 376 g/mol. The fraction of sp³-hybridized carbons (Fsp3) is 0.158. The average Bonchev–Trinajstić information content (AvgIpc) is 2.99. The van der Waals surface area contributed by atoms with Crippen LogP contribution in [0.25, 0.3) is 22.6 Å². The van der Waals surface area contributed by atoms with Crippen molar-refractivity contribution < 1.29 is 13.2 Å². The van der Waals surface area contributed by atoms with E-state index in [0.29, 0.717) is 23.8 Å². The van der Waals surface area contributed by atoms with Gasteiger partial charge in [0.2, 0.25) is 0 Å². The molecule has 0 unspecified atom stereocenters. The number of hydrogen-bond donors (Lipinski definition) is 0. The largest absolute Gasteiger partial charge is 0.416 e. The molecule has 0 spiro atoms. The molecule has 0 aliphatic carbocycles. The van der Waals surface area contributed by atoms with E-state index < -0.39 is 11.7 Å². The van der Waals surface area contributed by atoms with Gasteiger partial charge in [-0.25, -0.2) is 4.98 Å². The van der Waals surface area contributed by atoms with Crippen molar-refractivity contribution >= 4 is 34.2 Å². The molecule has 3 nitrogen and oxygen atoms in total. The molecule has 0 N–H and O–H groups in total. The number of alkyl halides is 3. The molecule has 0 bridgehead atoms. The fourth-order valence-corrected chi connectivity index (χ4v) is 3.22. The molecule has 3 aromatic rings. The number of rotatable bonds is 1. The summed E-state index contributed by atoms with van der Waals surface area (Å²) in [5, 5.41) is 0.800. The molecule has 2 heterocycles. The van der Waals surface area contributed by atoms with Gasteiger partial charge in [-0.15, -0.1) is 0 Å². The third-order valence-electron chi connectivity index (χ3n) is 4.39. The Balaban J connectivity index is 1.87. The lowest BCUT2D eigenvalue weighted by Crippen LogP contribution is -2.21. The lowest BCUT2D eigenvalue weighted by atomic mass is 10.1. The molecule has 0 radical (unpaired) electrons. The number of hydrogen-bond acceptors (Lipinski definition) is 2. The van der Waals surface area contributed by atoms with Crippen molar-refractivity contribution in [2.24, 2.45) is 0 Å². The highest BCUT2D eigenvalue weighted by Gasteiger charge is 2.31. The molecular formula is C19H12ClF3N2O. The van der Waals surface area contributed by atoms with Crippen molar-refractivity contribution in [3.8, 4) is 0 Å². The van der Waals surface area contributed by atoms with E-state index in [-0.39, 0.29) is 16.5 Å². The predicted octanol–water partition coefficient (Wildman–Crippen LogP) is 5.01. The number of fused-ring (bicyclic) bond motifs is 2. The topological polar surface area (TPSA) is 34.9 Å². The maximum atomic E-state index is 13.0. The number of allylic oxidation sites excluding steroid dienone is 1. The van der Waals surface area contributed by atoms with Crippen molar-refractivity contribution in [3.05, 3.63) is 74.8 Å². The fourth-order valence-electron chi connectivity index (χ4n) is 3.09. The Kier molecular flexibility index (Phi) is 3.88. The molecule has 0 saturated heterocycles. The van der Waals surface area contributed by atoms with Gasteiger partial charge in [0.05, 0.1) is 16.5 Å². The van der Waals surface area contributed by atoms with Crippen molar-refractivity contribution in [2.45, 2.75) is 19.1 Å². The molecule has 1 aromatic heterocycles. The zero-order valence-electron chi connectivity index (χ0n) is 13.3. The van der Waals surface area contributed by atoms with E-state index in [2.05, 4.69) is 4.98 Å². The van der Waals surface area contributed by atoms with Gasteiger partial charge in [-0.2, -0.15) is 13.2 Å². The van der Waals surface area contributed by atoms with Crippen LogP contribution in [0.1, 0.15) is 23.4 Å². The van der Waals surface area contributed by atoms with Crippen LogP contribution in [0.2, 0.25) is 5.02 Å². The molecule has 26 heavy (non-hydrogen) atoms. The smallest absolute Gasteiger partial charge is 0.292 e. The van der Waals surface area contributed by atoms with Crippen molar-refractivity contribution in [1.29, 1.82) is 0 Å². The first-order chi connectivity index (χ1) is 12.3. The van der Waals surface area contributed by atoms with Gasteiger partial charge < -0.3 is 0 Å². The highest BCUT2D eigenvalue weighted by Crippen LogP contribution is 2.32. The molecule has 132 valence electrons. The van der Waals surface area contributed by atoms with E-state index in [9.17, 15) is 18.0 Å². The zero-order valence-corrected chi connectivity index (χ0v) is 14.1. The average molecular weight is 377 g/mol. The van der Waals surface area contributed by atoms with Crippen molar-refractivity contribution in [3.63, 3.8) is 0 Å². The quantitative estimate of drug-likeness (QED) is 0.598. The summed E-state index contributed by atoms with van der Waals surface area (Å²) in [7, 11) is 0. The minimum atomic E-state index is -4.48. The second-order valence-electron chi connectivity index (χ2n) is 6.09. The van der Waals surface area contributed by atoms with Crippen molar-refractivity contribution in [1.82, 2.24) is 9.55 Å². The Labute approximate surface area is 151 Å². The minimum absolute atomic E-state index is 0.0555. The number of nitrogens with zero attached hydrogens (tertiary/aromatic N) is 2. The van der Waals surface area contributed by atoms with Crippen LogP contribution in [0.15, 0.2) is 47.3 Å². The maximum Gasteiger partial charge on any atom is 0.416 e. The summed E-state index contributed by atoms with van der Waals surface area (Å²) < 4.78 is 40.4. The van der Waals surface area contributed by atoms with E-state index in [1.807, 2.05) is 18.2 Å². The van der Waals surface area contributed by atoms with Gasteiger partial charge in [0, 0.05) is 11.6 Å². The molecule has 0 fully saturated rings. The Morgan fingerprint density at radius 1 is 1.12 bits per heavy atom. The molecule has 1 aliphatic rings. The van der Waals surface area contributed by atoms with Crippen LogP contribution in [0, 0.1) is 0 Å². The summed E-state index contributed by atoms with van der Waals surface area (Å²) >= 11 is 5.88. The first-order valence-electron chi connectivity index (χ1n) is 7.91. The lowest BCUT2D eigenvalue weighted by molar-refractivity contribution is -0.137. The van der Waals surface area contributed by atoms with Crippen LogP contribution < -0.4 is 5.56 Å². The summed E-state index contributed by atoms with van der Waals surface area (Å²) in [6.45, 7) is 0.456. The first kappa shape index (κ1) is 16.8. The standard InChI is InChI=1S/C19H12ClF3N2O/c20-14-4-1-11(2-5-14)9-12-7-8-25-17(12)24-16-10-13(19(21,22)23)3-6-15(16)18(25)26/h1-6,9-10H,7-8H2/b12-9+. The summed E-state index contributed by atoms with van der Waals surface area (Å²) in [5.41, 5.74) is 0.612. The molecule has 7 heteroatoms. The number of halogens is 4. The van der Waals surface area contributed by atoms with Crippen LogP contribution in [-0.2, 0) is 12.7 Å². The van der Waals surface area contributed by atoms with E-state index in [1.54, 1.807) is 12.1 Å². The summed E-state index contributed by atoms with van der Waals surface area (Å²) in [4.78, 5) is 17.0. The van der Waals surface area contributed by atoms with Gasteiger partial charge in [0.25, 0.3) is 5.56 Å². The van der Waals surface area contributed by atoms with Crippen LogP contribution in [0.3, 0.4) is 0 Å². The maximum absolute atomic E-state index is 13.0. The highest BCUT2D eigenvalue weighted by atomic mass is 35.5. The highest BCUT2D eigenvalue weighted by molar-refractivity contribution is 6.30. The third kappa shape index (κ3) is 2.90. The summed E-state index contributed by atoms with van der Waals surface area (Å²) in [5.74, 6) is 0.414. The van der Waals surface area contributed by atoms with Crippen LogP contribution in [0.5, 0.6) is 0 Å². The SMILES string of the molecule is O=c1c2ccc(C(F)(F)F)cc2nc2n1CC/C2=C\c1ccc(Cl)cc1. The van der Waals surface area contributed by atoms with Crippen molar-refractivity contribution in [2.75, 3.05) is 0 Å². The molecule has 0 amide bonds. The molecule has 1 aliphatic heterocycles. The van der Waals surface area contributed by atoms with E-state index in [0.717, 1.165) is 23.3 Å². The van der Waals surface area contributed by atoms with Crippen LogP contribution in [0.4, 0.5) is 13.2 Å². The zero-order chi connectivity index (χ0) is 18.5. The first-order valence-corrected chi connectivity index (χ1v) is 8.29. The van der Waals surface area contributed by atoms with Crippen LogP contribution >= 0.6 is 11.6 Å². The minimum Gasteiger partial charge on any atom is -0.292 e. The second-order valence-corrected chi connectivity index (χ2v) is 6.53. The Bertz CT molecular complexity index is 1100. The normalized spacial score (nSPS) is 15.6. The molecule has 0 saturated carbocycles. The Morgan fingerprint density at radius 2 is 1.85 bits per heavy atom. The van der Waals surface area contributed by atoms with Gasteiger partial charge in [-0.05, 0) is 54.0 Å². The molecule has 4 rings (SSSR count). The second kappa shape index (κ2) is 5.99. The Morgan fingerprint density at radius 3 is 2.54 bits per heavy atom. The van der Waals surface area contributed by atoms with E-state index >= 15 is 0 Å². The Hall–Kier alpha value is -2.60. The van der Waals surface area contributed by atoms with E-state index in [4.69, 9.17) is 11.6 Å². The molecule has 0 atom stereocenters. The van der Waals surface area contributed by atoms with Gasteiger partial charge in [-0.1, -0.05) is 23.7 Å². The van der Waals surface area contributed by atoms with E-state index in [1.165, 1.54) is 10.6 Å². The third-order valence-corrected chi connectivity index (χ3v) is 4.64. The number of aromatic nitrogens is 2. The summed E-state index contributed by atoms with van der Waals surface area (Å²) in [6, 6.07) is 10.2. The summed E-state index contributed by atoms with van der Waals surface area (Å²) in [6.07, 6.45) is -2.01.